The molecule has 2 rings (SSSR count). The number of oxime groups is 1. The summed E-state index contributed by atoms with van der Waals surface area (Å²) in [6.45, 7) is 4.52. The predicted octanol–water partition coefficient (Wildman–Crippen LogP) is -0.347. The van der Waals surface area contributed by atoms with Crippen LogP contribution in [0.1, 0.15) is 6.42 Å². The summed E-state index contributed by atoms with van der Waals surface area (Å²) in [6.07, 6.45) is 1.25. The lowest BCUT2D eigenvalue weighted by atomic mass is 10.0. The zero-order chi connectivity index (χ0) is 8.39. The van der Waals surface area contributed by atoms with Gasteiger partial charge in [-0.2, -0.15) is 0 Å². The fourth-order valence-electron chi connectivity index (χ4n) is 1.89. The first kappa shape index (κ1) is 8.01. The maximum absolute atomic E-state index is 5.28. The average Bonchev–Trinajstić information content (AvgIpc) is 2.65. The van der Waals surface area contributed by atoms with Gasteiger partial charge in [0.25, 0.3) is 0 Å². The van der Waals surface area contributed by atoms with Crippen LogP contribution in [0.4, 0.5) is 0 Å². The molecule has 0 aromatic carbocycles. The molecule has 2 heterocycles. The number of rotatable bonds is 3. The normalized spacial score (nSPS) is 36.2. The molecule has 2 aliphatic heterocycles. The summed E-state index contributed by atoms with van der Waals surface area (Å²) in [5.74, 6) is 0.669. The summed E-state index contributed by atoms with van der Waals surface area (Å²) in [5.41, 5.74) is 6.50. The van der Waals surface area contributed by atoms with Crippen molar-refractivity contribution < 1.29 is 4.84 Å². The quantitative estimate of drug-likeness (QED) is 0.464. The van der Waals surface area contributed by atoms with Crippen molar-refractivity contribution in [3.05, 3.63) is 0 Å². The van der Waals surface area contributed by atoms with Gasteiger partial charge in [0.1, 0.15) is 6.61 Å². The van der Waals surface area contributed by atoms with Gasteiger partial charge in [0, 0.05) is 25.6 Å². The Labute approximate surface area is 72.3 Å². The van der Waals surface area contributed by atoms with Crippen molar-refractivity contribution in [2.45, 2.75) is 6.42 Å². The number of hydrogen-bond acceptors (Lipinski definition) is 4. The fourth-order valence-corrected chi connectivity index (χ4v) is 1.89. The minimum Gasteiger partial charge on any atom is -0.394 e. The van der Waals surface area contributed by atoms with E-state index in [4.69, 9.17) is 10.6 Å². The van der Waals surface area contributed by atoms with Crippen LogP contribution in [-0.4, -0.2) is 43.4 Å². The molecule has 0 saturated carbocycles. The molecule has 2 N–H and O–H groups in total. The van der Waals surface area contributed by atoms with Crippen LogP contribution in [0.25, 0.3) is 0 Å². The van der Waals surface area contributed by atoms with Crippen LogP contribution >= 0.6 is 0 Å². The molecule has 2 aliphatic rings. The third-order valence-electron chi connectivity index (χ3n) is 2.52. The van der Waals surface area contributed by atoms with E-state index in [9.17, 15) is 0 Å². The van der Waals surface area contributed by atoms with Gasteiger partial charge in [0.15, 0.2) is 0 Å². The topological polar surface area (TPSA) is 50.9 Å². The van der Waals surface area contributed by atoms with Crippen molar-refractivity contribution >= 4 is 5.71 Å². The highest BCUT2D eigenvalue weighted by Crippen LogP contribution is 2.25. The number of nitrogens with two attached hydrogens (primary N) is 1. The van der Waals surface area contributed by atoms with Crippen molar-refractivity contribution in [2.75, 3.05) is 32.8 Å². The summed E-state index contributed by atoms with van der Waals surface area (Å²) in [6, 6.07) is 0. The van der Waals surface area contributed by atoms with Gasteiger partial charge < -0.3 is 10.6 Å². The summed E-state index contributed by atoms with van der Waals surface area (Å²) in [4.78, 5) is 7.47. The average molecular weight is 169 g/mol. The third-order valence-corrected chi connectivity index (χ3v) is 2.52. The first-order valence-electron chi connectivity index (χ1n) is 4.51. The van der Waals surface area contributed by atoms with Crippen LogP contribution in [0.3, 0.4) is 0 Å². The molecular weight excluding hydrogens is 154 g/mol. The van der Waals surface area contributed by atoms with Gasteiger partial charge >= 0.3 is 0 Å². The van der Waals surface area contributed by atoms with Crippen LogP contribution < -0.4 is 5.73 Å². The van der Waals surface area contributed by atoms with E-state index in [2.05, 4.69) is 10.1 Å². The lowest BCUT2D eigenvalue weighted by Crippen LogP contribution is -2.23. The molecule has 2 bridgehead atoms. The van der Waals surface area contributed by atoms with E-state index >= 15 is 0 Å². The Hall–Kier alpha value is -0.610. The highest BCUT2D eigenvalue weighted by molar-refractivity contribution is 5.91. The van der Waals surface area contributed by atoms with Gasteiger partial charge in [-0.1, -0.05) is 5.16 Å². The Kier molecular flexibility index (Phi) is 2.28. The Morgan fingerprint density at radius 1 is 1.67 bits per heavy atom. The highest BCUT2D eigenvalue weighted by Gasteiger charge is 2.35. The lowest BCUT2D eigenvalue weighted by Gasteiger charge is -2.12. The van der Waals surface area contributed by atoms with Crippen molar-refractivity contribution in [3.8, 4) is 0 Å². The molecule has 68 valence electrons. The van der Waals surface area contributed by atoms with Crippen molar-refractivity contribution in [1.82, 2.24) is 4.90 Å². The van der Waals surface area contributed by atoms with Crippen LogP contribution in [-0.2, 0) is 4.84 Å². The van der Waals surface area contributed by atoms with Gasteiger partial charge in [0.05, 0.1) is 5.71 Å². The molecule has 4 nitrogen and oxygen atoms in total. The van der Waals surface area contributed by atoms with E-state index < -0.39 is 0 Å². The van der Waals surface area contributed by atoms with E-state index in [1.54, 1.807) is 0 Å². The zero-order valence-electron chi connectivity index (χ0n) is 7.20. The molecule has 0 amide bonds. The standard InChI is InChI=1S/C8H15N3O/c9-2-4-12-10-8-6-11-3-1-7(8)5-11/h7H,1-6,9H2/b10-8-. The second kappa shape index (κ2) is 3.41. The zero-order valence-corrected chi connectivity index (χ0v) is 7.20. The largest absolute Gasteiger partial charge is 0.394 e. The van der Waals surface area contributed by atoms with E-state index in [-0.39, 0.29) is 0 Å². The molecule has 2 saturated heterocycles. The first-order valence-corrected chi connectivity index (χ1v) is 4.51. The smallest absolute Gasteiger partial charge is 0.129 e. The predicted molar refractivity (Wildman–Crippen MR) is 47.0 cm³/mol. The molecule has 2 unspecified atom stereocenters. The second-order valence-electron chi connectivity index (χ2n) is 3.43. The Balaban J connectivity index is 1.85. The van der Waals surface area contributed by atoms with Gasteiger partial charge in [-0.3, -0.25) is 4.90 Å². The fraction of sp³-hybridized carbons (Fsp3) is 0.875. The van der Waals surface area contributed by atoms with E-state index in [0.717, 1.165) is 6.54 Å². The summed E-state index contributed by atoms with van der Waals surface area (Å²) >= 11 is 0. The van der Waals surface area contributed by atoms with Crippen LogP contribution in [0.2, 0.25) is 0 Å². The number of nitrogens with zero attached hydrogens (tertiary/aromatic N) is 2. The number of fused-ring (bicyclic) bond motifs is 2. The third kappa shape index (κ3) is 1.44. The SMILES string of the molecule is NCCO/N=C1/CN2CCC1C2. The Morgan fingerprint density at radius 3 is 3.17 bits per heavy atom. The molecular formula is C8H15N3O. The minimum absolute atomic E-state index is 0.538. The maximum Gasteiger partial charge on any atom is 0.129 e. The monoisotopic (exact) mass is 169 g/mol. The number of piperidine rings is 1. The Bertz CT molecular complexity index is 193. The molecule has 0 spiro atoms. The molecule has 2 atom stereocenters. The van der Waals surface area contributed by atoms with Crippen LogP contribution in [0.5, 0.6) is 0 Å². The van der Waals surface area contributed by atoms with E-state index in [1.807, 2.05) is 0 Å². The highest BCUT2D eigenvalue weighted by atomic mass is 16.6. The molecule has 12 heavy (non-hydrogen) atoms. The van der Waals surface area contributed by atoms with Crippen molar-refractivity contribution in [3.63, 3.8) is 0 Å². The van der Waals surface area contributed by atoms with Gasteiger partial charge in [0.2, 0.25) is 0 Å². The summed E-state index contributed by atoms with van der Waals surface area (Å²) < 4.78 is 0. The van der Waals surface area contributed by atoms with Gasteiger partial charge in [-0.05, 0) is 13.0 Å². The molecule has 2 fully saturated rings. The van der Waals surface area contributed by atoms with Crippen molar-refractivity contribution in [2.24, 2.45) is 16.8 Å². The lowest BCUT2D eigenvalue weighted by molar-refractivity contribution is 0.150. The summed E-state index contributed by atoms with van der Waals surface area (Å²) in [5, 5.41) is 4.09. The molecule has 4 heteroatoms. The second-order valence-corrected chi connectivity index (χ2v) is 3.43. The molecule has 0 radical (unpaired) electrons. The molecule has 0 aromatic rings. The van der Waals surface area contributed by atoms with Gasteiger partial charge in [-0.15, -0.1) is 0 Å². The van der Waals surface area contributed by atoms with Crippen LogP contribution in [0, 0.1) is 5.92 Å². The van der Waals surface area contributed by atoms with Gasteiger partial charge in [-0.25, -0.2) is 0 Å². The Morgan fingerprint density at radius 2 is 2.58 bits per heavy atom. The molecule has 0 aromatic heterocycles. The number of hydrogen-bond donors (Lipinski definition) is 1. The summed E-state index contributed by atoms with van der Waals surface area (Å²) in [7, 11) is 0. The van der Waals surface area contributed by atoms with E-state index in [0.29, 0.717) is 19.1 Å². The maximum atomic E-state index is 5.28. The van der Waals surface area contributed by atoms with E-state index in [1.165, 1.54) is 25.2 Å². The van der Waals surface area contributed by atoms with Crippen LogP contribution in [0.15, 0.2) is 5.16 Å². The molecule has 0 aliphatic carbocycles. The first-order chi connectivity index (χ1) is 5.90. The minimum atomic E-state index is 0.538. The van der Waals surface area contributed by atoms with Crippen molar-refractivity contribution in [1.29, 1.82) is 0 Å².